The summed E-state index contributed by atoms with van der Waals surface area (Å²) in [4.78, 5) is 12.5. The molecular formula is C24H32O3. The predicted molar refractivity (Wildman–Crippen MR) is 107 cm³/mol. The Hall–Kier alpha value is -1.95. The monoisotopic (exact) mass is 368 g/mol. The fraction of sp³-hybridized carbons (Fsp3) is 0.625. The average Bonchev–Trinajstić information content (AvgIpc) is 2.70. The van der Waals surface area contributed by atoms with E-state index in [4.69, 9.17) is 11.2 Å². The van der Waals surface area contributed by atoms with Gasteiger partial charge in [-0.15, -0.1) is 6.42 Å². The molecule has 0 unspecified atom stereocenters. The summed E-state index contributed by atoms with van der Waals surface area (Å²) in [5, 5.41) is 9.37. The van der Waals surface area contributed by atoms with Crippen molar-refractivity contribution in [2.75, 3.05) is 0 Å². The molecule has 0 spiro atoms. The van der Waals surface area contributed by atoms with E-state index in [0.29, 0.717) is 5.56 Å². The number of aromatic hydroxyl groups is 1. The largest absolute Gasteiger partial charge is 0.508 e. The molecule has 2 fully saturated rings. The van der Waals surface area contributed by atoms with Gasteiger partial charge in [0, 0.05) is 0 Å². The van der Waals surface area contributed by atoms with Crippen LogP contribution in [0.2, 0.25) is 0 Å². The van der Waals surface area contributed by atoms with E-state index in [1.54, 1.807) is 12.1 Å². The molecule has 2 saturated carbocycles. The molecule has 0 heterocycles. The number of esters is 1. The maximum atomic E-state index is 12.5. The van der Waals surface area contributed by atoms with Crippen LogP contribution in [0, 0.1) is 30.1 Å². The summed E-state index contributed by atoms with van der Waals surface area (Å²) in [5.41, 5.74) is -0.343. The number of hydrogen-bond donors (Lipinski definition) is 1. The molecule has 146 valence electrons. The van der Waals surface area contributed by atoms with Crippen LogP contribution in [0.15, 0.2) is 24.3 Å². The fourth-order valence-corrected chi connectivity index (χ4v) is 5.04. The molecule has 3 nitrogen and oxygen atoms in total. The molecule has 0 aliphatic heterocycles. The van der Waals surface area contributed by atoms with E-state index in [-0.39, 0.29) is 5.75 Å². The minimum Gasteiger partial charge on any atom is -0.508 e. The maximum Gasteiger partial charge on any atom is 0.339 e. The van der Waals surface area contributed by atoms with Crippen molar-refractivity contribution in [3.8, 4) is 18.1 Å². The Labute approximate surface area is 163 Å². The Bertz CT molecular complexity index is 654. The van der Waals surface area contributed by atoms with Gasteiger partial charge in [-0.05, 0) is 80.5 Å². The lowest BCUT2D eigenvalue weighted by Crippen LogP contribution is -2.39. The summed E-state index contributed by atoms with van der Waals surface area (Å²) in [6, 6.07) is 6.13. The van der Waals surface area contributed by atoms with Gasteiger partial charge >= 0.3 is 5.97 Å². The molecular weight excluding hydrogens is 336 g/mol. The quantitative estimate of drug-likeness (QED) is 0.534. The second-order valence-corrected chi connectivity index (χ2v) is 8.48. The minimum atomic E-state index is -0.773. The first-order valence-electron chi connectivity index (χ1n) is 10.6. The lowest BCUT2D eigenvalue weighted by atomic mass is 9.68. The lowest BCUT2D eigenvalue weighted by molar-refractivity contribution is -0.0195. The maximum absolute atomic E-state index is 12.5. The molecule has 27 heavy (non-hydrogen) atoms. The number of terminal acetylenes is 1. The molecule has 0 saturated heterocycles. The van der Waals surface area contributed by atoms with Gasteiger partial charge in [-0.2, -0.15) is 0 Å². The van der Waals surface area contributed by atoms with Crippen LogP contribution >= 0.6 is 0 Å². The number of rotatable bonds is 5. The van der Waals surface area contributed by atoms with Gasteiger partial charge in [0.05, 0.1) is 5.56 Å². The summed E-state index contributed by atoms with van der Waals surface area (Å²) >= 11 is 0. The van der Waals surface area contributed by atoms with Gasteiger partial charge in [-0.3, -0.25) is 0 Å². The van der Waals surface area contributed by atoms with E-state index in [0.717, 1.165) is 43.4 Å². The van der Waals surface area contributed by atoms with E-state index >= 15 is 0 Å². The summed E-state index contributed by atoms with van der Waals surface area (Å²) in [6.07, 6.45) is 17.6. The van der Waals surface area contributed by atoms with Gasteiger partial charge in [0.2, 0.25) is 0 Å². The highest BCUT2D eigenvalue weighted by Gasteiger charge is 2.40. The summed E-state index contributed by atoms with van der Waals surface area (Å²) in [6.45, 7) is 2.28. The third-order valence-corrected chi connectivity index (χ3v) is 6.75. The Kier molecular flexibility index (Phi) is 6.47. The Balaban J connectivity index is 1.53. The highest BCUT2D eigenvalue weighted by molar-refractivity contribution is 5.90. The number of carbonyl (C=O) groups excluding carboxylic acids is 1. The van der Waals surface area contributed by atoms with E-state index < -0.39 is 11.6 Å². The molecule has 2 aliphatic rings. The van der Waals surface area contributed by atoms with Crippen LogP contribution in [-0.2, 0) is 4.74 Å². The second-order valence-electron chi connectivity index (χ2n) is 8.48. The standard InChI is InChI=1S/C24H32O3/c1-3-5-18-6-8-19(9-7-18)20-14-16-24(4-2,17-15-20)27-23(26)21-10-12-22(25)13-11-21/h2,10-13,18-20,25H,3,5-9,14-17H2,1H3. The number of carbonyl (C=O) groups is 1. The van der Waals surface area contributed by atoms with Crippen molar-refractivity contribution in [1.82, 2.24) is 0 Å². The van der Waals surface area contributed by atoms with E-state index in [1.807, 2.05) is 0 Å². The average molecular weight is 369 g/mol. The van der Waals surface area contributed by atoms with Crippen LogP contribution in [0.3, 0.4) is 0 Å². The van der Waals surface area contributed by atoms with Crippen LogP contribution in [0.25, 0.3) is 0 Å². The minimum absolute atomic E-state index is 0.132. The zero-order valence-corrected chi connectivity index (χ0v) is 16.5. The zero-order valence-electron chi connectivity index (χ0n) is 16.5. The Morgan fingerprint density at radius 1 is 1.11 bits per heavy atom. The van der Waals surface area contributed by atoms with Crippen molar-refractivity contribution < 1.29 is 14.6 Å². The molecule has 0 amide bonds. The molecule has 1 aromatic rings. The molecule has 3 heteroatoms. The Morgan fingerprint density at radius 2 is 1.70 bits per heavy atom. The number of phenolic OH excluding ortho intramolecular Hbond substituents is 1. The number of phenols is 1. The van der Waals surface area contributed by atoms with Gasteiger partial charge < -0.3 is 9.84 Å². The first-order chi connectivity index (χ1) is 13.0. The van der Waals surface area contributed by atoms with Crippen molar-refractivity contribution in [3.63, 3.8) is 0 Å². The topological polar surface area (TPSA) is 46.5 Å². The van der Waals surface area contributed by atoms with Gasteiger partial charge in [-0.1, -0.05) is 38.5 Å². The lowest BCUT2D eigenvalue weighted by Gasteiger charge is -2.41. The van der Waals surface area contributed by atoms with Crippen molar-refractivity contribution in [2.45, 2.75) is 76.7 Å². The molecule has 0 atom stereocenters. The van der Waals surface area contributed by atoms with E-state index in [2.05, 4.69) is 12.8 Å². The van der Waals surface area contributed by atoms with E-state index in [1.165, 1.54) is 50.7 Å². The third-order valence-electron chi connectivity index (χ3n) is 6.75. The molecule has 1 aromatic carbocycles. The van der Waals surface area contributed by atoms with Gasteiger partial charge in [0.1, 0.15) is 5.75 Å². The molecule has 1 N–H and O–H groups in total. The van der Waals surface area contributed by atoms with Crippen LogP contribution < -0.4 is 0 Å². The number of hydrogen-bond acceptors (Lipinski definition) is 3. The summed E-state index contributed by atoms with van der Waals surface area (Å²) in [5.74, 6) is 5.00. The summed E-state index contributed by atoms with van der Waals surface area (Å²) in [7, 11) is 0. The third kappa shape index (κ3) is 4.86. The van der Waals surface area contributed by atoms with Crippen molar-refractivity contribution in [2.24, 2.45) is 17.8 Å². The molecule has 0 aromatic heterocycles. The van der Waals surface area contributed by atoms with Crippen molar-refractivity contribution in [3.05, 3.63) is 29.8 Å². The Morgan fingerprint density at radius 3 is 2.26 bits per heavy atom. The first kappa shape index (κ1) is 19.8. The number of ether oxygens (including phenoxy) is 1. The van der Waals surface area contributed by atoms with Crippen LogP contribution in [0.5, 0.6) is 5.75 Å². The first-order valence-corrected chi connectivity index (χ1v) is 10.6. The fourth-order valence-electron chi connectivity index (χ4n) is 5.04. The van der Waals surface area contributed by atoms with Crippen LogP contribution in [0.1, 0.15) is 81.5 Å². The molecule has 0 bridgehead atoms. The molecule has 0 radical (unpaired) electrons. The number of benzene rings is 1. The van der Waals surface area contributed by atoms with Crippen molar-refractivity contribution in [1.29, 1.82) is 0 Å². The second kappa shape index (κ2) is 8.83. The predicted octanol–water partition coefficient (Wildman–Crippen LogP) is 5.72. The van der Waals surface area contributed by atoms with Gasteiger partial charge in [0.25, 0.3) is 0 Å². The van der Waals surface area contributed by atoms with E-state index in [9.17, 15) is 9.90 Å². The highest BCUT2D eigenvalue weighted by atomic mass is 16.6. The smallest absolute Gasteiger partial charge is 0.339 e. The zero-order chi connectivity index (χ0) is 19.3. The highest BCUT2D eigenvalue weighted by Crippen LogP contribution is 2.44. The van der Waals surface area contributed by atoms with Gasteiger partial charge in [-0.25, -0.2) is 4.79 Å². The van der Waals surface area contributed by atoms with Crippen molar-refractivity contribution >= 4 is 5.97 Å². The SMILES string of the molecule is C#CC1(OC(=O)c2ccc(O)cc2)CCC(C2CCC(CCC)CC2)CC1. The molecule has 3 rings (SSSR count). The van der Waals surface area contributed by atoms with Crippen LogP contribution in [0.4, 0.5) is 0 Å². The summed E-state index contributed by atoms with van der Waals surface area (Å²) < 4.78 is 5.78. The van der Waals surface area contributed by atoms with Gasteiger partial charge in [0.15, 0.2) is 5.60 Å². The van der Waals surface area contributed by atoms with Crippen LogP contribution in [-0.4, -0.2) is 16.7 Å². The normalized spacial score (nSPS) is 31.0. The molecule has 2 aliphatic carbocycles.